The smallest absolute Gasteiger partial charge is 0.317 e. The van der Waals surface area contributed by atoms with Crippen molar-refractivity contribution < 1.29 is 9.90 Å². The molecule has 1 N–H and O–H groups in total. The number of fused-ring (bicyclic) bond motifs is 6. The van der Waals surface area contributed by atoms with Gasteiger partial charge in [-0.05, 0) is 57.2 Å². The van der Waals surface area contributed by atoms with E-state index in [-0.39, 0.29) is 18.0 Å². The molecule has 0 aromatic carbocycles. The second-order valence-corrected chi connectivity index (χ2v) is 10.3. The molecule has 0 amide bonds. The van der Waals surface area contributed by atoms with Crippen LogP contribution >= 0.6 is 0 Å². The Balaban J connectivity index is 1.32. The van der Waals surface area contributed by atoms with Crippen LogP contribution in [0.1, 0.15) is 36.4 Å². The topological polar surface area (TPSA) is 69.0 Å². The molecule has 7 nitrogen and oxygen atoms in total. The Bertz CT molecular complexity index is 868. The fourth-order valence-electron chi connectivity index (χ4n) is 7.04. The molecule has 164 valence electrons. The number of hydrogen-bond acceptors (Lipinski definition) is 5. The molecule has 7 heteroatoms. The van der Waals surface area contributed by atoms with Crippen LogP contribution in [0, 0.1) is 17.8 Å². The van der Waals surface area contributed by atoms with Crippen molar-refractivity contribution in [1.82, 2.24) is 19.3 Å². The van der Waals surface area contributed by atoms with Gasteiger partial charge in [-0.15, -0.1) is 0 Å². The van der Waals surface area contributed by atoms with E-state index in [2.05, 4.69) is 30.0 Å². The first-order valence-corrected chi connectivity index (χ1v) is 11.4. The zero-order valence-corrected chi connectivity index (χ0v) is 18.2. The van der Waals surface area contributed by atoms with Crippen LogP contribution in [0.5, 0.6) is 0 Å². The number of rotatable bonds is 5. The standard InChI is InChI=1S/C23H34N4O3/c1-24(2)22-16-3-4-17(22)11-26(10-16)12-18-5-6-20-19-7-15(9-27(20)23(18)30)8-25(13-19)14-21(28)29/h5-6,15-17,19,22H,3-4,7-14H2,1-2H3,(H,28,29)/t15-,16-,17+,19+,22?/m0/s1. The highest BCUT2D eigenvalue weighted by molar-refractivity contribution is 5.69. The minimum Gasteiger partial charge on any atom is -0.480 e. The third-order valence-electron chi connectivity index (χ3n) is 7.97. The van der Waals surface area contributed by atoms with Gasteiger partial charge >= 0.3 is 5.97 Å². The summed E-state index contributed by atoms with van der Waals surface area (Å²) in [6.07, 6.45) is 3.68. The molecule has 0 radical (unpaired) electrons. The maximum Gasteiger partial charge on any atom is 0.317 e. The fourth-order valence-corrected chi connectivity index (χ4v) is 7.04. The average molecular weight is 415 g/mol. The lowest BCUT2D eigenvalue weighted by atomic mass is 9.83. The zero-order valence-electron chi connectivity index (χ0n) is 18.2. The minimum absolute atomic E-state index is 0.0978. The van der Waals surface area contributed by atoms with Gasteiger partial charge in [0.2, 0.25) is 0 Å². The van der Waals surface area contributed by atoms with Crippen molar-refractivity contribution in [3.63, 3.8) is 0 Å². The van der Waals surface area contributed by atoms with Crippen molar-refractivity contribution in [3.05, 3.63) is 33.7 Å². The van der Waals surface area contributed by atoms with Gasteiger partial charge in [-0.3, -0.25) is 19.4 Å². The van der Waals surface area contributed by atoms with Crippen LogP contribution in [0.2, 0.25) is 0 Å². The number of carbonyl (C=O) groups is 1. The van der Waals surface area contributed by atoms with Crippen LogP contribution in [0.4, 0.5) is 0 Å². The summed E-state index contributed by atoms with van der Waals surface area (Å²) in [5, 5.41) is 9.14. The Kier molecular flexibility index (Phi) is 5.24. The van der Waals surface area contributed by atoms with Crippen LogP contribution < -0.4 is 5.56 Å². The van der Waals surface area contributed by atoms with E-state index >= 15 is 0 Å². The number of aliphatic carboxylic acids is 1. The van der Waals surface area contributed by atoms with Gasteiger partial charge < -0.3 is 14.6 Å². The lowest BCUT2D eigenvalue weighted by molar-refractivity contribution is -0.139. The van der Waals surface area contributed by atoms with Gasteiger partial charge in [-0.25, -0.2) is 0 Å². The largest absolute Gasteiger partial charge is 0.480 e. The number of aromatic nitrogens is 1. The number of carboxylic acid groups (broad SMARTS) is 1. The number of pyridine rings is 1. The first-order valence-electron chi connectivity index (χ1n) is 11.4. The van der Waals surface area contributed by atoms with E-state index in [4.69, 9.17) is 5.11 Å². The maximum atomic E-state index is 13.3. The second kappa shape index (κ2) is 7.77. The van der Waals surface area contributed by atoms with E-state index in [1.807, 2.05) is 15.5 Å². The molecule has 4 heterocycles. The highest BCUT2D eigenvalue weighted by atomic mass is 16.4. The molecular weight excluding hydrogens is 380 g/mol. The Labute approximate surface area is 178 Å². The number of carboxylic acids is 1. The zero-order chi connectivity index (χ0) is 21.0. The van der Waals surface area contributed by atoms with Crippen molar-refractivity contribution >= 4 is 5.97 Å². The summed E-state index contributed by atoms with van der Waals surface area (Å²) in [5.41, 5.74) is 2.20. The van der Waals surface area contributed by atoms with Crippen molar-refractivity contribution in [2.75, 3.05) is 46.8 Å². The first-order chi connectivity index (χ1) is 14.4. The molecule has 1 saturated carbocycles. The van der Waals surface area contributed by atoms with E-state index in [1.165, 1.54) is 12.8 Å². The number of nitrogens with zero attached hydrogens (tertiary/aromatic N) is 4. The van der Waals surface area contributed by atoms with E-state index in [9.17, 15) is 9.59 Å². The normalized spacial score (nSPS) is 33.6. The highest BCUT2D eigenvalue weighted by Gasteiger charge is 2.43. The van der Waals surface area contributed by atoms with Crippen molar-refractivity contribution in [1.29, 1.82) is 0 Å². The van der Waals surface area contributed by atoms with Crippen LogP contribution in [0.3, 0.4) is 0 Å². The molecule has 3 aliphatic heterocycles. The molecule has 3 fully saturated rings. The average Bonchev–Trinajstić information content (AvgIpc) is 2.95. The van der Waals surface area contributed by atoms with Crippen molar-refractivity contribution in [2.24, 2.45) is 17.8 Å². The van der Waals surface area contributed by atoms with Crippen molar-refractivity contribution in [3.8, 4) is 0 Å². The van der Waals surface area contributed by atoms with Gasteiger partial charge in [0, 0.05) is 62.5 Å². The molecule has 1 unspecified atom stereocenters. The van der Waals surface area contributed by atoms with Gasteiger partial charge in [0.25, 0.3) is 5.56 Å². The predicted octanol–water partition coefficient (Wildman–Crippen LogP) is 1.12. The molecule has 0 spiro atoms. The molecule has 5 atom stereocenters. The summed E-state index contributed by atoms with van der Waals surface area (Å²) in [7, 11) is 4.41. The Morgan fingerprint density at radius 3 is 2.47 bits per heavy atom. The van der Waals surface area contributed by atoms with Crippen LogP contribution in [-0.2, 0) is 17.9 Å². The van der Waals surface area contributed by atoms with E-state index in [1.54, 1.807) is 0 Å². The minimum atomic E-state index is -0.769. The lowest BCUT2D eigenvalue weighted by Crippen LogP contribution is -2.51. The first kappa shape index (κ1) is 20.2. The molecule has 30 heavy (non-hydrogen) atoms. The van der Waals surface area contributed by atoms with Gasteiger partial charge in [-0.2, -0.15) is 0 Å². The molecule has 1 aliphatic carbocycles. The molecule has 2 saturated heterocycles. The maximum absolute atomic E-state index is 13.3. The second-order valence-electron chi connectivity index (χ2n) is 10.3. The number of piperidine rings is 2. The fraction of sp³-hybridized carbons (Fsp3) is 0.739. The Morgan fingerprint density at radius 1 is 1.07 bits per heavy atom. The summed E-state index contributed by atoms with van der Waals surface area (Å²) in [6, 6.07) is 4.88. The summed E-state index contributed by atoms with van der Waals surface area (Å²) in [6.45, 7) is 5.28. The van der Waals surface area contributed by atoms with Gasteiger partial charge in [0.1, 0.15) is 0 Å². The Morgan fingerprint density at radius 2 is 1.80 bits per heavy atom. The van der Waals surface area contributed by atoms with Crippen LogP contribution in [0.15, 0.2) is 16.9 Å². The van der Waals surface area contributed by atoms with E-state index < -0.39 is 5.97 Å². The van der Waals surface area contributed by atoms with Crippen LogP contribution in [-0.4, -0.2) is 83.2 Å². The Hall–Kier alpha value is -1.70. The SMILES string of the molecule is CN(C)C1[C@@H]2CC[C@H]1CN(Cc1ccc3n(c1=O)C[C@H]1C[C@@H]3CN(CC(=O)O)C1)C2. The molecule has 4 aliphatic rings. The monoisotopic (exact) mass is 414 g/mol. The third kappa shape index (κ3) is 3.61. The number of likely N-dealkylation sites (tertiary alicyclic amines) is 2. The molecular formula is C23H34N4O3. The van der Waals surface area contributed by atoms with Crippen molar-refractivity contribution in [2.45, 2.75) is 44.3 Å². The van der Waals surface area contributed by atoms with Crippen LogP contribution in [0.25, 0.3) is 0 Å². The van der Waals surface area contributed by atoms with E-state index in [0.29, 0.717) is 12.0 Å². The van der Waals surface area contributed by atoms with Gasteiger partial charge in [-0.1, -0.05) is 6.07 Å². The summed E-state index contributed by atoms with van der Waals surface area (Å²) in [4.78, 5) is 31.4. The molecule has 1 aromatic heterocycles. The summed E-state index contributed by atoms with van der Waals surface area (Å²) < 4.78 is 2.01. The van der Waals surface area contributed by atoms with E-state index in [0.717, 1.165) is 68.8 Å². The quantitative estimate of drug-likeness (QED) is 0.779. The molecule has 1 aromatic rings. The summed E-state index contributed by atoms with van der Waals surface area (Å²) in [5.74, 6) is 1.31. The van der Waals surface area contributed by atoms with Gasteiger partial charge in [0.15, 0.2) is 0 Å². The summed E-state index contributed by atoms with van der Waals surface area (Å²) >= 11 is 0. The van der Waals surface area contributed by atoms with Gasteiger partial charge in [0.05, 0.1) is 6.54 Å². The molecule has 4 bridgehead atoms. The predicted molar refractivity (Wildman–Crippen MR) is 115 cm³/mol. The number of hydrogen-bond donors (Lipinski definition) is 1. The third-order valence-corrected chi connectivity index (χ3v) is 7.97. The lowest BCUT2D eigenvalue weighted by Gasteiger charge is -2.43. The highest BCUT2D eigenvalue weighted by Crippen LogP contribution is 2.40. The molecule has 5 rings (SSSR count).